The molecule has 0 aliphatic heterocycles. The maximum absolute atomic E-state index is 11.0. The van der Waals surface area contributed by atoms with Crippen LogP contribution in [0.3, 0.4) is 0 Å². The predicted octanol–water partition coefficient (Wildman–Crippen LogP) is 1.70. The number of benzene rings is 2. The van der Waals surface area contributed by atoms with E-state index in [1.165, 1.54) is 0 Å². The van der Waals surface area contributed by atoms with Crippen LogP contribution in [0.4, 0.5) is 5.69 Å². The number of fused-ring (bicyclic) bond motifs is 1. The standard InChI is InChI=1S/C13H10N4O3/c14-9-5-6-10(12-11(9)16-20-17-12)19-8-3-1-7(2-4-8)13(15)18/h1-6H,14H2,(H2,15,18). The molecule has 1 amide bonds. The second-order valence-electron chi connectivity index (χ2n) is 4.11. The predicted molar refractivity (Wildman–Crippen MR) is 71.3 cm³/mol. The number of nitrogens with zero attached hydrogens (tertiary/aromatic N) is 2. The summed E-state index contributed by atoms with van der Waals surface area (Å²) in [7, 11) is 0. The fourth-order valence-corrected chi connectivity index (χ4v) is 1.76. The molecule has 4 N–H and O–H groups in total. The topological polar surface area (TPSA) is 117 Å². The Morgan fingerprint density at radius 3 is 2.45 bits per heavy atom. The quantitative estimate of drug-likeness (QED) is 0.699. The first-order valence-corrected chi connectivity index (χ1v) is 5.73. The number of anilines is 1. The molecule has 1 aromatic heterocycles. The molecule has 0 radical (unpaired) electrons. The number of primary amides is 1. The monoisotopic (exact) mass is 270 g/mol. The average molecular weight is 270 g/mol. The van der Waals surface area contributed by atoms with Gasteiger partial charge in [-0.2, -0.15) is 0 Å². The molecule has 0 bridgehead atoms. The van der Waals surface area contributed by atoms with E-state index >= 15 is 0 Å². The van der Waals surface area contributed by atoms with Crippen molar-refractivity contribution in [1.82, 2.24) is 10.3 Å². The van der Waals surface area contributed by atoms with Gasteiger partial charge < -0.3 is 16.2 Å². The molecule has 100 valence electrons. The van der Waals surface area contributed by atoms with Crippen LogP contribution >= 0.6 is 0 Å². The number of carbonyl (C=O) groups excluding carboxylic acids is 1. The number of aromatic nitrogens is 2. The number of ether oxygens (including phenoxy) is 1. The van der Waals surface area contributed by atoms with Gasteiger partial charge in [0.05, 0.1) is 5.69 Å². The van der Waals surface area contributed by atoms with Crippen molar-refractivity contribution >= 4 is 22.6 Å². The lowest BCUT2D eigenvalue weighted by Crippen LogP contribution is -2.10. The summed E-state index contributed by atoms with van der Waals surface area (Å²) in [4.78, 5) is 11.0. The highest BCUT2D eigenvalue weighted by Crippen LogP contribution is 2.30. The van der Waals surface area contributed by atoms with Crippen LogP contribution in [0.1, 0.15) is 10.4 Å². The average Bonchev–Trinajstić information content (AvgIpc) is 2.93. The Labute approximate surface area is 113 Å². The van der Waals surface area contributed by atoms with Gasteiger partial charge in [-0.05, 0) is 46.7 Å². The summed E-state index contributed by atoms with van der Waals surface area (Å²) in [6, 6.07) is 9.75. The molecule has 0 saturated heterocycles. The number of nitrogen functional groups attached to an aromatic ring is 1. The molecule has 3 rings (SSSR count). The molecule has 0 aliphatic rings. The number of nitrogens with two attached hydrogens (primary N) is 2. The zero-order valence-electron chi connectivity index (χ0n) is 10.2. The first kappa shape index (κ1) is 12.0. The van der Waals surface area contributed by atoms with Gasteiger partial charge in [0.1, 0.15) is 5.75 Å². The molecule has 3 aromatic rings. The Hall–Kier alpha value is -3.09. The van der Waals surface area contributed by atoms with Gasteiger partial charge in [0.25, 0.3) is 0 Å². The highest BCUT2D eigenvalue weighted by molar-refractivity contribution is 5.93. The maximum atomic E-state index is 11.0. The third-order valence-electron chi connectivity index (χ3n) is 2.78. The first-order chi connectivity index (χ1) is 9.65. The Kier molecular flexibility index (Phi) is 2.72. The summed E-state index contributed by atoms with van der Waals surface area (Å²) in [6.45, 7) is 0. The van der Waals surface area contributed by atoms with Crippen LogP contribution in [-0.2, 0) is 0 Å². The third-order valence-corrected chi connectivity index (χ3v) is 2.78. The van der Waals surface area contributed by atoms with Crippen LogP contribution in [-0.4, -0.2) is 16.2 Å². The Bertz CT molecular complexity index is 780. The molecular formula is C13H10N4O3. The van der Waals surface area contributed by atoms with Gasteiger partial charge in [-0.3, -0.25) is 4.79 Å². The number of hydrogen-bond acceptors (Lipinski definition) is 6. The molecule has 0 saturated carbocycles. The Balaban J connectivity index is 1.95. The van der Waals surface area contributed by atoms with Gasteiger partial charge in [0, 0.05) is 5.56 Å². The number of rotatable bonds is 3. The van der Waals surface area contributed by atoms with E-state index in [1.807, 2.05) is 0 Å². The molecule has 7 nitrogen and oxygen atoms in total. The fourth-order valence-electron chi connectivity index (χ4n) is 1.76. The van der Waals surface area contributed by atoms with Crippen molar-refractivity contribution in [2.24, 2.45) is 5.73 Å². The van der Waals surface area contributed by atoms with E-state index in [-0.39, 0.29) is 0 Å². The van der Waals surface area contributed by atoms with Crippen molar-refractivity contribution in [3.8, 4) is 11.5 Å². The van der Waals surface area contributed by atoms with Gasteiger partial charge >= 0.3 is 0 Å². The van der Waals surface area contributed by atoms with Crippen molar-refractivity contribution in [2.45, 2.75) is 0 Å². The zero-order chi connectivity index (χ0) is 14.1. The molecule has 7 heteroatoms. The molecule has 1 heterocycles. The van der Waals surface area contributed by atoms with Crippen LogP contribution < -0.4 is 16.2 Å². The zero-order valence-corrected chi connectivity index (χ0v) is 10.2. The van der Waals surface area contributed by atoms with E-state index in [9.17, 15) is 4.79 Å². The molecule has 0 unspecified atom stereocenters. The van der Waals surface area contributed by atoms with E-state index in [4.69, 9.17) is 16.2 Å². The second kappa shape index (κ2) is 4.54. The van der Waals surface area contributed by atoms with E-state index in [0.717, 1.165) is 0 Å². The van der Waals surface area contributed by atoms with Crippen LogP contribution in [0.2, 0.25) is 0 Å². The number of carbonyl (C=O) groups is 1. The van der Waals surface area contributed by atoms with Crippen LogP contribution in [0.25, 0.3) is 11.0 Å². The Morgan fingerprint density at radius 1 is 1.05 bits per heavy atom. The minimum Gasteiger partial charge on any atom is -0.455 e. The van der Waals surface area contributed by atoms with E-state index in [2.05, 4.69) is 14.9 Å². The van der Waals surface area contributed by atoms with Crippen LogP contribution in [0.5, 0.6) is 11.5 Å². The van der Waals surface area contributed by atoms with E-state index in [1.54, 1.807) is 36.4 Å². The van der Waals surface area contributed by atoms with Gasteiger partial charge in [0.2, 0.25) is 5.91 Å². The highest BCUT2D eigenvalue weighted by Gasteiger charge is 2.12. The lowest BCUT2D eigenvalue weighted by molar-refractivity contribution is 0.100. The van der Waals surface area contributed by atoms with Crippen LogP contribution in [0.15, 0.2) is 41.0 Å². The molecule has 0 fully saturated rings. The summed E-state index contributed by atoms with van der Waals surface area (Å²) in [6.07, 6.45) is 0. The number of amides is 1. The van der Waals surface area contributed by atoms with Crippen molar-refractivity contribution in [2.75, 3.05) is 5.73 Å². The van der Waals surface area contributed by atoms with Crippen molar-refractivity contribution in [1.29, 1.82) is 0 Å². The normalized spacial score (nSPS) is 10.6. The van der Waals surface area contributed by atoms with E-state index in [0.29, 0.717) is 33.8 Å². The summed E-state index contributed by atoms with van der Waals surface area (Å²) in [5, 5.41) is 7.46. The molecular weight excluding hydrogens is 260 g/mol. The van der Waals surface area contributed by atoms with Crippen molar-refractivity contribution in [3.63, 3.8) is 0 Å². The van der Waals surface area contributed by atoms with Gasteiger partial charge in [-0.1, -0.05) is 0 Å². The minimum absolute atomic E-state index is 0.405. The van der Waals surface area contributed by atoms with E-state index < -0.39 is 5.91 Å². The van der Waals surface area contributed by atoms with Gasteiger partial charge in [-0.15, -0.1) is 0 Å². The first-order valence-electron chi connectivity index (χ1n) is 5.73. The van der Waals surface area contributed by atoms with Gasteiger partial charge in [-0.25, -0.2) is 4.63 Å². The lowest BCUT2D eigenvalue weighted by Gasteiger charge is -2.06. The summed E-state index contributed by atoms with van der Waals surface area (Å²) in [5.41, 5.74) is 12.7. The molecule has 0 atom stereocenters. The molecule has 0 aliphatic carbocycles. The maximum Gasteiger partial charge on any atom is 0.248 e. The smallest absolute Gasteiger partial charge is 0.248 e. The summed E-state index contributed by atoms with van der Waals surface area (Å²) < 4.78 is 10.3. The summed E-state index contributed by atoms with van der Waals surface area (Å²) >= 11 is 0. The fraction of sp³-hybridized carbons (Fsp3) is 0. The minimum atomic E-state index is -0.493. The van der Waals surface area contributed by atoms with Gasteiger partial charge in [0.15, 0.2) is 16.8 Å². The molecule has 0 spiro atoms. The lowest BCUT2D eigenvalue weighted by atomic mass is 10.2. The Morgan fingerprint density at radius 2 is 1.75 bits per heavy atom. The van der Waals surface area contributed by atoms with Crippen molar-refractivity contribution in [3.05, 3.63) is 42.0 Å². The highest BCUT2D eigenvalue weighted by atomic mass is 16.6. The van der Waals surface area contributed by atoms with Crippen LogP contribution in [0, 0.1) is 0 Å². The third kappa shape index (κ3) is 2.01. The SMILES string of the molecule is NC(=O)c1ccc(Oc2ccc(N)c3nonc23)cc1. The second-order valence-corrected chi connectivity index (χ2v) is 4.11. The summed E-state index contributed by atoms with van der Waals surface area (Å²) in [5.74, 6) is 0.499. The largest absolute Gasteiger partial charge is 0.455 e. The number of hydrogen-bond donors (Lipinski definition) is 2. The molecule has 20 heavy (non-hydrogen) atoms. The molecule has 2 aromatic carbocycles. The van der Waals surface area contributed by atoms with Crippen molar-refractivity contribution < 1.29 is 14.2 Å².